The third-order valence-electron chi connectivity index (χ3n) is 3.93. The Kier molecular flexibility index (Phi) is 5.92. The maximum atomic E-state index is 11.9. The number of rotatable bonds is 6. The zero-order chi connectivity index (χ0) is 12.7. The van der Waals surface area contributed by atoms with Gasteiger partial charge < -0.3 is 11.1 Å². The fraction of sp³-hybridized carbons (Fsp3) is 0.923. The van der Waals surface area contributed by atoms with Gasteiger partial charge in [0.1, 0.15) is 0 Å². The van der Waals surface area contributed by atoms with Crippen LogP contribution in [0.4, 0.5) is 0 Å². The molecule has 1 aliphatic heterocycles. The Labute approximate surface area is 105 Å². The van der Waals surface area contributed by atoms with Crippen LogP contribution in [0.2, 0.25) is 0 Å². The highest BCUT2D eigenvalue weighted by Gasteiger charge is 2.40. The molecular formula is C13H27N3O. The van der Waals surface area contributed by atoms with E-state index in [-0.39, 0.29) is 5.91 Å². The second kappa shape index (κ2) is 6.97. The molecule has 1 atom stereocenters. The molecule has 0 aromatic carbocycles. The lowest BCUT2D eigenvalue weighted by molar-refractivity contribution is -0.131. The normalized spacial score (nSPS) is 21.8. The highest BCUT2D eigenvalue weighted by Crippen LogP contribution is 2.27. The standard InChI is InChI=1S/C13H27N3O/c1-3-5-7-13(4-2,12(14)17)16-10-6-8-15-9-11-16/h15H,3-11H2,1-2H3,(H2,14,17). The molecule has 1 aliphatic rings. The van der Waals surface area contributed by atoms with Crippen LogP contribution in [0.5, 0.6) is 0 Å². The van der Waals surface area contributed by atoms with E-state index in [9.17, 15) is 4.79 Å². The molecule has 1 amide bonds. The molecule has 0 aliphatic carbocycles. The third kappa shape index (κ3) is 3.42. The van der Waals surface area contributed by atoms with Crippen molar-refractivity contribution in [1.82, 2.24) is 10.2 Å². The quantitative estimate of drug-likeness (QED) is 0.732. The van der Waals surface area contributed by atoms with Gasteiger partial charge in [0, 0.05) is 19.6 Å². The summed E-state index contributed by atoms with van der Waals surface area (Å²) in [5, 5.41) is 3.37. The summed E-state index contributed by atoms with van der Waals surface area (Å²) in [6.07, 6.45) is 5.00. The molecule has 4 nitrogen and oxygen atoms in total. The first-order chi connectivity index (χ1) is 8.17. The van der Waals surface area contributed by atoms with E-state index in [0.29, 0.717) is 0 Å². The number of nitrogens with two attached hydrogens (primary N) is 1. The van der Waals surface area contributed by atoms with Crippen molar-refractivity contribution in [3.05, 3.63) is 0 Å². The Morgan fingerprint density at radius 2 is 2.12 bits per heavy atom. The second-order valence-corrected chi connectivity index (χ2v) is 4.94. The number of carbonyl (C=O) groups is 1. The van der Waals surface area contributed by atoms with Crippen LogP contribution < -0.4 is 11.1 Å². The lowest BCUT2D eigenvalue weighted by Gasteiger charge is -2.40. The van der Waals surface area contributed by atoms with Gasteiger partial charge >= 0.3 is 0 Å². The molecule has 0 bridgehead atoms. The molecule has 17 heavy (non-hydrogen) atoms. The number of hydrogen-bond donors (Lipinski definition) is 2. The van der Waals surface area contributed by atoms with Gasteiger partial charge in [0.25, 0.3) is 0 Å². The van der Waals surface area contributed by atoms with Crippen LogP contribution in [0, 0.1) is 0 Å². The van der Waals surface area contributed by atoms with Crippen molar-refractivity contribution in [2.24, 2.45) is 5.73 Å². The van der Waals surface area contributed by atoms with Crippen molar-refractivity contribution in [2.45, 2.75) is 51.5 Å². The van der Waals surface area contributed by atoms with E-state index in [0.717, 1.165) is 58.3 Å². The highest BCUT2D eigenvalue weighted by atomic mass is 16.1. The van der Waals surface area contributed by atoms with Crippen molar-refractivity contribution in [1.29, 1.82) is 0 Å². The first kappa shape index (κ1) is 14.5. The molecule has 0 radical (unpaired) electrons. The number of nitrogens with one attached hydrogen (secondary N) is 1. The Morgan fingerprint density at radius 1 is 1.35 bits per heavy atom. The smallest absolute Gasteiger partial charge is 0.237 e. The summed E-state index contributed by atoms with van der Waals surface area (Å²) in [7, 11) is 0. The fourth-order valence-electron chi connectivity index (χ4n) is 2.75. The van der Waals surface area contributed by atoms with Gasteiger partial charge in [-0.1, -0.05) is 26.7 Å². The minimum absolute atomic E-state index is 0.143. The van der Waals surface area contributed by atoms with E-state index in [1.54, 1.807) is 0 Å². The lowest BCUT2D eigenvalue weighted by atomic mass is 9.86. The maximum absolute atomic E-state index is 11.9. The van der Waals surface area contributed by atoms with E-state index in [2.05, 4.69) is 24.1 Å². The van der Waals surface area contributed by atoms with Gasteiger partial charge in [-0.3, -0.25) is 9.69 Å². The Balaban J connectivity index is 2.81. The van der Waals surface area contributed by atoms with Gasteiger partial charge in [-0.25, -0.2) is 0 Å². The van der Waals surface area contributed by atoms with Crippen LogP contribution >= 0.6 is 0 Å². The molecular weight excluding hydrogens is 214 g/mol. The molecule has 1 fully saturated rings. The van der Waals surface area contributed by atoms with Gasteiger partial charge in [0.05, 0.1) is 5.54 Å². The number of carbonyl (C=O) groups excluding carboxylic acids is 1. The number of amides is 1. The average Bonchev–Trinajstić information content (AvgIpc) is 2.59. The van der Waals surface area contributed by atoms with Gasteiger partial charge in [-0.05, 0) is 25.8 Å². The van der Waals surface area contributed by atoms with E-state index in [1.165, 1.54) is 0 Å². The molecule has 1 saturated heterocycles. The molecule has 1 unspecified atom stereocenters. The predicted octanol–water partition coefficient (Wildman–Crippen LogP) is 1.11. The Bertz CT molecular complexity index is 237. The number of unbranched alkanes of at least 4 members (excludes halogenated alkanes) is 1. The summed E-state index contributed by atoms with van der Waals surface area (Å²) >= 11 is 0. The second-order valence-electron chi connectivity index (χ2n) is 4.94. The summed E-state index contributed by atoms with van der Waals surface area (Å²) in [5.41, 5.74) is 5.29. The number of primary amides is 1. The maximum Gasteiger partial charge on any atom is 0.237 e. The van der Waals surface area contributed by atoms with Crippen LogP contribution in [0.15, 0.2) is 0 Å². The third-order valence-corrected chi connectivity index (χ3v) is 3.93. The van der Waals surface area contributed by atoms with E-state index in [4.69, 9.17) is 5.73 Å². The van der Waals surface area contributed by atoms with Crippen LogP contribution in [-0.4, -0.2) is 42.5 Å². The zero-order valence-corrected chi connectivity index (χ0v) is 11.3. The summed E-state index contributed by atoms with van der Waals surface area (Å²) in [6.45, 7) is 8.15. The van der Waals surface area contributed by atoms with Crippen molar-refractivity contribution < 1.29 is 4.79 Å². The van der Waals surface area contributed by atoms with Crippen molar-refractivity contribution in [2.75, 3.05) is 26.2 Å². The predicted molar refractivity (Wildman–Crippen MR) is 70.8 cm³/mol. The molecule has 0 saturated carbocycles. The zero-order valence-electron chi connectivity index (χ0n) is 11.3. The van der Waals surface area contributed by atoms with Crippen molar-refractivity contribution in [3.63, 3.8) is 0 Å². The summed E-state index contributed by atoms with van der Waals surface area (Å²) in [6, 6.07) is 0. The minimum Gasteiger partial charge on any atom is -0.368 e. The van der Waals surface area contributed by atoms with Crippen LogP contribution in [-0.2, 0) is 4.79 Å². The van der Waals surface area contributed by atoms with Gasteiger partial charge in [-0.15, -0.1) is 0 Å². The number of hydrogen-bond acceptors (Lipinski definition) is 3. The van der Waals surface area contributed by atoms with Crippen molar-refractivity contribution in [3.8, 4) is 0 Å². The minimum atomic E-state index is -0.415. The molecule has 100 valence electrons. The summed E-state index contributed by atoms with van der Waals surface area (Å²) in [5.74, 6) is -0.143. The molecule has 0 spiro atoms. The van der Waals surface area contributed by atoms with Crippen LogP contribution in [0.1, 0.15) is 46.0 Å². The monoisotopic (exact) mass is 241 g/mol. The van der Waals surface area contributed by atoms with Crippen LogP contribution in [0.3, 0.4) is 0 Å². The molecule has 4 heteroatoms. The van der Waals surface area contributed by atoms with E-state index in [1.807, 2.05) is 0 Å². The Hall–Kier alpha value is -0.610. The first-order valence-electron chi connectivity index (χ1n) is 6.93. The van der Waals surface area contributed by atoms with E-state index >= 15 is 0 Å². The molecule has 3 N–H and O–H groups in total. The topological polar surface area (TPSA) is 58.4 Å². The molecule has 0 aromatic heterocycles. The first-order valence-corrected chi connectivity index (χ1v) is 6.93. The molecule has 1 rings (SSSR count). The van der Waals surface area contributed by atoms with Gasteiger partial charge in [-0.2, -0.15) is 0 Å². The lowest BCUT2D eigenvalue weighted by Crippen LogP contribution is -2.58. The molecule has 1 heterocycles. The van der Waals surface area contributed by atoms with E-state index < -0.39 is 5.54 Å². The van der Waals surface area contributed by atoms with Gasteiger partial charge in [0.15, 0.2) is 0 Å². The number of nitrogens with zero attached hydrogens (tertiary/aromatic N) is 1. The fourth-order valence-corrected chi connectivity index (χ4v) is 2.75. The summed E-state index contributed by atoms with van der Waals surface area (Å²) in [4.78, 5) is 14.2. The molecule has 0 aromatic rings. The van der Waals surface area contributed by atoms with Gasteiger partial charge in [0.2, 0.25) is 5.91 Å². The van der Waals surface area contributed by atoms with Crippen molar-refractivity contribution >= 4 is 5.91 Å². The highest BCUT2D eigenvalue weighted by molar-refractivity contribution is 5.84. The SMILES string of the molecule is CCCCC(CC)(C(N)=O)N1CCCNCC1. The van der Waals surface area contributed by atoms with Crippen LogP contribution in [0.25, 0.3) is 0 Å². The largest absolute Gasteiger partial charge is 0.368 e. The Morgan fingerprint density at radius 3 is 2.71 bits per heavy atom. The summed E-state index contributed by atoms with van der Waals surface area (Å²) < 4.78 is 0. The average molecular weight is 241 g/mol.